The Labute approximate surface area is 188 Å². The van der Waals surface area contributed by atoms with E-state index in [0.717, 1.165) is 55.3 Å². The quantitative estimate of drug-likeness (QED) is 0.387. The number of aryl methyl sites for hydroxylation is 4. The highest BCUT2D eigenvalue weighted by atomic mass is 32.1. The van der Waals surface area contributed by atoms with Crippen molar-refractivity contribution in [1.82, 2.24) is 34.3 Å². The van der Waals surface area contributed by atoms with Crippen LogP contribution in [0.15, 0.2) is 42.7 Å². The smallest absolute Gasteiger partial charge is 0.182 e. The second kappa shape index (κ2) is 6.93. The van der Waals surface area contributed by atoms with Gasteiger partial charge in [0.1, 0.15) is 15.9 Å². The molecule has 0 spiro atoms. The number of fused-ring (bicyclic) bond motifs is 5. The highest BCUT2D eigenvalue weighted by molar-refractivity contribution is 7.26. The van der Waals surface area contributed by atoms with Crippen LogP contribution in [0.5, 0.6) is 0 Å². The molecule has 6 aromatic rings. The molecule has 158 valence electrons. The SMILES string of the molecule is Cc1cc(C)c2c(n1)sc1c2ncn2nc(-c3ccc(Cn4nc(C)cc4C)cc3)nc12. The lowest BCUT2D eigenvalue weighted by atomic mass is 10.1. The molecule has 0 aliphatic carbocycles. The van der Waals surface area contributed by atoms with Gasteiger partial charge < -0.3 is 0 Å². The Morgan fingerprint density at radius 3 is 2.47 bits per heavy atom. The second-order valence-electron chi connectivity index (χ2n) is 8.27. The first-order valence-corrected chi connectivity index (χ1v) is 11.3. The molecule has 0 N–H and O–H groups in total. The molecule has 1 aromatic carbocycles. The van der Waals surface area contributed by atoms with Gasteiger partial charge in [0.15, 0.2) is 11.5 Å². The lowest BCUT2D eigenvalue weighted by Crippen LogP contribution is -2.03. The Hall–Kier alpha value is -3.65. The molecule has 0 radical (unpaired) electrons. The van der Waals surface area contributed by atoms with Gasteiger partial charge in [-0.25, -0.2) is 19.5 Å². The van der Waals surface area contributed by atoms with Crippen molar-refractivity contribution < 1.29 is 0 Å². The fourth-order valence-corrected chi connectivity index (χ4v) is 5.48. The van der Waals surface area contributed by atoms with Crippen molar-refractivity contribution in [2.45, 2.75) is 34.2 Å². The van der Waals surface area contributed by atoms with Gasteiger partial charge in [-0.3, -0.25) is 4.68 Å². The Kier molecular flexibility index (Phi) is 4.13. The third kappa shape index (κ3) is 2.98. The highest BCUT2D eigenvalue weighted by Gasteiger charge is 2.17. The van der Waals surface area contributed by atoms with Crippen molar-refractivity contribution in [1.29, 1.82) is 0 Å². The third-order valence-corrected chi connectivity index (χ3v) is 6.81. The van der Waals surface area contributed by atoms with Crippen LogP contribution in [-0.4, -0.2) is 34.3 Å². The summed E-state index contributed by atoms with van der Waals surface area (Å²) in [6, 6.07) is 12.6. The van der Waals surface area contributed by atoms with Gasteiger partial charge in [-0.15, -0.1) is 16.4 Å². The number of pyridine rings is 1. The van der Waals surface area contributed by atoms with E-state index in [1.54, 1.807) is 22.2 Å². The average Bonchev–Trinajstić information content (AvgIpc) is 3.42. The van der Waals surface area contributed by atoms with Gasteiger partial charge in [-0.2, -0.15) is 5.10 Å². The first-order chi connectivity index (χ1) is 15.5. The van der Waals surface area contributed by atoms with Gasteiger partial charge in [0, 0.05) is 22.3 Å². The Morgan fingerprint density at radius 2 is 1.72 bits per heavy atom. The summed E-state index contributed by atoms with van der Waals surface area (Å²) < 4.78 is 4.80. The number of rotatable bonds is 3. The van der Waals surface area contributed by atoms with E-state index >= 15 is 0 Å². The Bertz CT molecular complexity index is 1640. The fraction of sp³-hybridized carbons (Fsp3) is 0.208. The minimum atomic E-state index is 0.690. The van der Waals surface area contributed by atoms with E-state index in [1.807, 2.05) is 18.5 Å². The highest BCUT2D eigenvalue weighted by Crippen LogP contribution is 2.35. The molecule has 0 amide bonds. The maximum atomic E-state index is 4.87. The maximum absolute atomic E-state index is 4.87. The van der Waals surface area contributed by atoms with E-state index in [0.29, 0.717) is 5.82 Å². The van der Waals surface area contributed by atoms with Gasteiger partial charge in [0.25, 0.3) is 0 Å². The first kappa shape index (κ1) is 19.1. The van der Waals surface area contributed by atoms with Gasteiger partial charge in [-0.1, -0.05) is 24.3 Å². The Morgan fingerprint density at radius 1 is 0.906 bits per heavy atom. The molecule has 5 heterocycles. The molecular weight excluding hydrogens is 418 g/mol. The predicted octanol–water partition coefficient (Wildman–Crippen LogP) is 5.03. The normalized spacial score (nSPS) is 11.9. The predicted molar refractivity (Wildman–Crippen MR) is 127 cm³/mol. The van der Waals surface area contributed by atoms with E-state index in [2.05, 4.69) is 65.4 Å². The number of hydrogen-bond acceptors (Lipinski definition) is 6. The summed E-state index contributed by atoms with van der Waals surface area (Å²) in [6.45, 7) is 8.97. The van der Waals surface area contributed by atoms with E-state index in [4.69, 9.17) is 9.97 Å². The van der Waals surface area contributed by atoms with Crippen LogP contribution >= 0.6 is 11.3 Å². The molecule has 0 fully saturated rings. The number of hydrogen-bond donors (Lipinski definition) is 0. The number of aromatic nitrogens is 7. The average molecular weight is 440 g/mol. The van der Waals surface area contributed by atoms with E-state index in [1.165, 1.54) is 11.1 Å². The van der Waals surface area contributed by atoms with Gasteiger partial charge in [-0.05, 0) is 51.0 Å². The summed E-state index contributed by atoms with van der Waals surface area (Å²) in [4.78, 5) is 15.3. The molecule has 0 atom stereocenters. The van der Waals surface area contributed by atoms with E-state index in [9.17, 15) is 0 Å². The number of thiophene rings is 1. The zero-order valence-corrected chi connectivity index (χ0v) is 19.1. The standard InChI is InChI=1S/C24H21N7S/c1-13-9-14(2)26-24-19(13)20-21(32-24)23-27-22(29-31(23)12-25-20)18-7-5-17(6-8-18)11-30-16(4)10-15(3)28-30/h5-10,12H,11H2,1-4H3. The van der Waals surface area contributed by atoms with Gasteiger partial charge >= 0.3 is 0 Å². The van der Waals surface area contributed by atoms with Crippen molar-refractivity contribution in [2.24, 2.45) is 0 Å². The van der Waals surface area contributed by atoms with E-state index in [-0.39, 0.29) is 0 Å². The van der Waals surface area contributed by atoms with Gasteiger partial charge in [0.05, 0.1) is 17.8 Å². The minimum Gasteiger partial charge on any atom is -0.265 e. The third-order valence-electron chi connectivity index (χ3n) is 5.74. The molecule has 5 aromatic heterocycles. The van der Waals surface area contributed by atoms with Crippen molar-refractivity contribution in [2.75, 3.05) is 0 Å². The fourth-order valence-electron chi connectivity index (χ4n) is 4.26. The van der Waals surface area contributed by atoms with Crippen molar-refractivity contribution in [3.05, 3.63) is 70.9 Å². The molecule has 32 heavy (non-hydrogen) atoms. The molecule has 0 aliphatic rings. The Balaban J connectivity index is 1.41. The molecule has 0 saturated carbocycles. The van der Waals surface area contributed by atoms with Crippen molar-refractivity contribution >= 4 is 37.4 Å². The summed E-state index contributed by atoms with van der Waals surface area (Å²) >= 11 is 1.63. The molecule has 0 bridgehead atoms. The number of benzene rings is 1. The van der Waals surface area contributed by atoms with Gasteiger partial charge in [0.2, 0.25) is 0 Å². The van der Waals surface area contributed by atoms with Crippen molar-refractivity contribution in [3.8, 4) is 11.4 Å². The summed E-state index contributed by atoms with van der Waals surface area (Å²) in [5.41, 5.74) is 8.33. The molecule has 6 rings (SSSR count). The lowest BCUT2D eigenvalue weighted by molar-refractivity contribution is 0.659. The largest absolute Gasteiger partial charge is 0.265 e. The zero-order chi connectivity index (χ0) is 22.0. The van der Waals surface area contributed by atoms with Crippen LogP contribution in [-0.2, 0) is 6.54 Å². The van der Waals surface area contributed by atoms with Crippen LogP contribution in [0.2, 0.25) is 0 Å². The summed E-state index contributed by atoms with van der Waals surface area (Å²) in [5, 5.41) is 10.3. The monoisotopic (exact) mass is 439 g/mol. The molecule has 0 unspecified atom stereocenters. The van der Waals surface area contributed by atoms with Crippen LogP contribution in [0.1, 0.15) is 28.2 Å². The van der Waals surface area contributed by atoms with E-state index < -0.39 is 0 Å². The summed E-state index contributed by atoms with van der Waals surface area (Å²) in [6.07, 6.45) is 1.75. The minimum absolute atomic E-state index is 0.690. The van der Waals surface area contributed by atoms with Crippen LogP contribution in [0.3, 0.4) is 0 Å². The zero-order valence-electron chi connectivity index (χ0n) is 18.3. The molecule has 7 nitrogen and oxygen atoms in total. The maximum Gasteiger partial charge on any atom is 0.182 e. The molecule has 0 saturated heterocycles. The first-order valence-electron chi connectivity index (χ1n) is 10.5. The van der Waals surface area contributed by atoms with Crippen LogP contribution < -0.4 is 0 Å². The molecule has 0 aliphatic heterocycles. The van der Waals surface area contributed by atoms with Crippen LogP contribution in [0.25, 0.3) is 37.5 Å². The number of nitrogens with zero attached hydrogens (tertiary/aromatic N) is 7. The lowest BCUT2D eigenvalue weighted by Gasteiger charge is -2.05. The topological polar surface area (TPSA) is 73.8 Å². The molecular formula is C24H21N7S. The second-order valence-corrected chi connectivity index (χ2v) is 9.27. The summed E-state index contributed by atoms with van der Waals surface area (Å²) in [7, 11) is 0. The van der Waals surface area contributed by atoms with Crippen LogP contribution in [0.4, 0.5) is 0 Å². The molecule has 8 heteroatoms. The summed E-state index contributed by atoms with van der Waals surface area (Å²) in [5.74, 6) is 0.690. The van der Waals surface area contributed by atoms with Crippen molar-refractivity contribution in [3.63, 3.8) is 0 Å². The van der Waals surface area contributed by atoms with Crippen LogP contribution in [0, 0.1) is 27.7 Å².